The number of benzene rings is 1. The lowest BCUT2D eigenvalue weighted by Crippen LogP contribution is -2.31. The molecule has 4 heteroatoms. The summed E-state index contributed by atoms with van der Waals surface area (Å²) in [5.74, 6) is 0. The van der Waals surface area contributed by atoms with Gasteiger partial charge < -0.3 is 0 Å². The fourth-order valence-electron chi connectivity index (χ4n) is 2.10. The van der Waals surface area contributed by atoms with E-state index in [1.807, 2.05) is 0 Å². The van der Waals surface area contributed by atoms with E-state index in [2.05, 4.69) is 88.9 Å². The maximum Gasteiger partial charge on any atom is 0.0178 e. The standard InChI is InChI=1S/C15H15Br3S/c16-10-15(11-17,6-4-12-5-7-19-9-12)13-2-1-3-14(18)8-13/h1-3,5,7-9H,4,6,10-11H2. The molecule has 2 rings (SSSR count). The molecule has 0 aliphatic carbocycles. The Morgan fingerprint density at radius 1 is 1.11 bits per heavy atom. The summed E-state index contributed by atoms with van der Waals surface area (Å²) in [7, 11) is 0. The van der Waals surface area contributed by atoms with Crippen LogP contribution < -0.4 is 0 Å². The molecule has 2 aromatic rings. The first-order chi connectivity index (χ1) is 9.20. The second-order valence-electron chi connectivity index (χ2n) is 4.69. The second kappa shape index (κ2) is 7.39. The zero-order valence-electron chi connectivity index (χ0n) is 10.4. The van der Waals surface area contributed by atoms with Crippen molar-refractivity contribution >= 4 is 59.1 Å². The van der Waals surface area contributed by atoms with Crippen molar-refractivity contribution in [2.45, 2.75) is 18.3 Å². The van der Waals surface area contributed by atoms with Crippen LogP contribution in [0.4, 0.5) is 0 Å². The van der Waals surface area contributed by atoms with Gasteiger partial charge in [0.15, 0.2) is 0 Å². The molecule has 19 heavy (non-hydrogen) atoms. The van der Waals surface area contributed by atoms with E-state index < -0.39 is 0 Å². The van der Waals surface area contributed by atoms with Gasteiger partial charge in [-0.05, 0) is 52.9 Å². The highest BCUT2D eigenvalue weighted by Gasteiger charge is 2.30. The number of halogens is 3. The number of hydrogen-bond acceptors (Lipinski definition) is 1. The monoisotopic (exact) mass is 464 g/mol. The van der Waals surface area contributed by atoms with Crippen LogP contribution in [0.25, 0.3) is 0 Å². The number of hydrogen-bond donors (Lipinski definition) is 0. The van der Waals surface area contributed by atoms with Gasteiger partial charge >= 0.3 is 0 Å². The first-order valence-corrected chi connectivity index (χ1v) is 10.1. The molecular weight excluding hydrogens is 452 g/mol. The molecule has 0 bridgehead atoms. The maximum absolute atomic E-state index is 3.72. The van der Waals surface area contributed by atoms with Crippen LogP contribution in [0, 0.1) is 0 Å². The molecule has 102 valence electrons. The van der Waals surface area contributed by atoms with E-state index in [9.17, 15) is 0 Å². The quantitative estimate of drug-likeness (QED) is 0.446. The van der Waals surface area contributed by atoms with Crippen LogP contribution in [0.5, 0.6) is 0 Å². The van der Waals surface area contributed by atoms with E-state index in [-0.39, 0.29) is 5.41 Å². The van der Waals surface area contributed by atoms with Crippen LogP contribution in [0.2, 0.25) is 0 Å². The maximum atomic E-state index is 3.72. The van der Waals surface area contributed by atoms with E-state index in [0.29, 0.717) is 0 Å². The first kappa shape index (κ1) is 15.7. The summed E-state index contributed by atoms with van der Waals surface area (Å²) >= 11 is 12.8. The summed E-state index contributed by atoms with van der Waals surface area (Å²) < 4.78 is 1.15. The summed E-state index contributed by atoms with van der Waals surface area (Å²) in [4.78, 5) is 0. The second-order valence-corrected chi connectivity index (χ2v) is 7.51. The zero-order chi connectivity index (χ0) is 13.7. The minimum atomic E-state index is 0.145. The predicted molar refractivity (Wildman–Crippen MR) is 96.0 cm³/mol. The largest absolute Gasteiger partial charge is 0.152 e. The molecule has 1 heterocycles. The average molecular weight is 467 g/mol. The summed E-state index contributed by atoms with van der Waals surface area (Å²) in [5, 5.41) is 6.32. The van der Waals surface area contributed by atoms with Crippen molar-refractivity contribution < 1.29 is 0 Å². The van der Waals surface area contributed by atoms with Gasteiger partial charge in [-0.2, -0.15) is 11.3 Å². The van der Waals surface area contributed by atoms with Crippen LogP contribution in [-0.4, -0.2) is 10.7 Å². The SMILES string of the molecule is BrCC(CBr)(CCc1ccsc1)c1cccc(Br)c1. The summed E-state index contributed by atoms with van der Waals surface area (Å²) in [6, 6.07) is 10.9. The van der Waals surface area contributed by atoms with Gasteiger partial charge in [0, 0.05) is 20.5 Å². The topological polar surface area (TPSA) is 0 Å². The van der Waals surface area contributed by atoms with Gasteiger partial charge in [-0.15, -0.1) is 0 Å². The van der Waals surface area contributed by atoms with Crippen molar-refractivity contribution in [3.8, 4) is 0 Å². The lowest BCUT2D eigenvalue weighted by Gasteiger charge is -2.31. The van der Waals surface area contributed by atoms with Crippen LogP contribution >= 0.6 is 59.1 Å². The molecule has 0 fully saturated rings. The van der Waals surface area contributed by atoms with E-state index in [4.69, 9.17) is 0 Å². The van der Waals surface area contributed by atoms with Crippen LogP contribution in [-0.2, 0) is 11.8 Å². The minimum Gasteiger partial charge on any atom is -0.152 e. The van der Waals surface area contributed by atoms with Gasteiger partial charge in [0.25, 0.3) is 0 Å². The number of aryl methyl sites for hydroxylation is 1. The highest BCUT2D eigenvalue weighted by Crippen LogP contribution is 2.35. The molecular formula is C15H15Br3S. The fourth-order valence-corrected chi connectivity index (χ4v) is 5.34. The van der Waals surface area contributed by atoms with Gasteiger partial charge in [0.05, 0.1) is 0 Å². The molecule has 0 spiro atoms. The third-order valence-corrected chi connectivity index (χ3v) is 6.79. The molecule has 0 amide bonds. The molecule has 0 radical (unpaired) electrons. The molecule has 0 nitrogen and oxygen atoms in total. The zero-order valence-corrected chi connectivity index (χ0v) is 16.0. The van der Waals surface area contributed by atoms with E-state index in [1.165, 1.54) is 11.1 Å². The Hall–Kier alpha value is 0.360. The van der Waals surface area contributed by atoms with Crippen molar-refractivity contribution in [1.29, 1.82) is 0 Å². The van der Waals surface area contributed by atoms with Crippen molar-refractivity contribution in [3.05, 3.63) is 56.7 Å². The van der Waals surface area contributed by atoms with Crippen molar-refractivity contribution in [2.24, 2.45) is 0 Å². The number of alkyl halides is 2. The van der Waals surface area contributed by atoms with Crippen molar-refractivity contribution in [1.82, 2.24) is 0 Å². The molecule has 0 aliphatic heterocycles. The van der Waals surface area contributed by atoms with Crippen LogP contribution in [0.15, 0.2) is 45.6 Å². The molecule has 0 saturated carbocycles. The third-order valence-electron chi connectivity index (χ3n) is 3.42. The van der Waals surface area contributed by atoms with Gasteiger partial charge in [-0.1, -0.05) is 59.9 Å². The highest BCUT2D eigenvalue weighted by atomic mass is 79.9. The van der Waals surface area contributed by atoms with Crippen molar-refractivity contribution in [3.63, 3.8) is 0 Å². The summed E-state index contributed by atoms with van der Waals surface area (Å²) in [6.45, 7) is 0. The minimum absolute atomic E-state index is 0.145. The summed E-state index contributed by atoms with van der Waals surface area (Å²) in [6.07, 6.45) is 2.25. The van der Waals surface area contributed by atoms with Gasteiger partial charge in [0.2, 0.25) is 0 Å². The van der Waals surface area contributed by atoms with Crippen molar-refractivity contribution in [2.75, 3.05) is 10.7 Å². The predicted octanol–water partition coefficient (Wildman–Crippen LogP) is 6.17. The fraction of sp³-hybridized carbons (Fsp3) is 0.333. The Bertz CT molecular complexity index is 504. The lowest BCUT2D eigenvalue weighted by molar-refractivity contribution is 0.505. The molecule has 0 unspecified atom stereocenters. The molecule has 1 aromatic heterocycles. The Labute approximate surface area is 144 Å². The molecule has 0 aliphatic rings. The average Bonchev–Trinajstić information content (AvgIpc) is 2.94. The van der Waals surface area contributed by atoms with Gasteiger partial charge in [0.1, 0.15) is 0 Å². The summed E-state index contributed by atoms with van der Waals surface area (Å²) in [5.41, 5.74) is 2.96. The molecule has 0 saturated heterocycles. The molecule has 1 aromatic carbocycles. The van der Waals surface area contributed by atoms with E-state index in [1.54, 1.807) is 11.3 Å². The van der Waals surface area contributed by atoms with Crippen LogP contribution in [0.3, 0.4) is 0 Å². The molecule has 0 atom stereocenters. The van der Waals surface area contributed by atoms with E-state index >= 15 is 0 Å². The Kier molecular flexibility index (Phi) is 6.12. The van der Waals surface area contributed by atoms with Gasteiger partial charge in [-0.3, -0.25) is 0 Å². The first-order valence-electron chi connectivity index (χ1n) is 6.09. The Balaban J connectivity index is 2.21. The number of rotatable bonds is 6. The Morgan fingerprint density at radius 2 is 1.89 bits per heavy atom. The van der Waals surface area contributed by atoms with Crippen LogP contribution in [0.1, 0.15) is 17.5 Å². The van der Waals surface area contributed by atoms with E-state index in [0.717, 1.165) is 28.0 Å². The van der Waals surface area contributed by atoms with Gasteiger partial charge in [-0.25, -0.2) is 0 Å². The lowest BCUT2D eigenvalue weighted by atomic mass is 9.80. The molecule has 0 N–H and O–H groups in total. The highest BCUT2D eigenvalue weighted by molar-refractivity contribution is 9.10. The normalized spacial score (nSPS) is 11.7. The smallest absolute Gasteiger partial charge is 0.0178 e. The Morgan fingerprint density at radius 3 is 2.47 bits per heavy atom. The number of thiophene rings is 1. The third kappa shape index (κ3) is 3.93.